The lowest BCUT2D eigenvalue weighted by Gasteiger charge is -2.16. The first-order chi connectivity index (χ1) is 13.0. The van der Waals surface area contributed by atoms with Crippen molar-refractivity contribution in [3.8, 4) is 16.9 Å². The minimum absolute atomic E-state index is 0.257. The number of aliphatic hydroxyl groups is 2. The Hall–Kier alpha value is -2.75. The van der Waals surface area contributed by atoms with Gasteiger partial charge in [-0.15, -0.1) is 0 Å². The summed E-state index contributed by atoms with van der Waals surface area (Å²) in [6.07, 6.45) is -2.31. The highest BCUT2D eigenvalue weighted by molar-refractivity contribution is 6.00. The van der Waals surface area contributed by atoms with E-state index in [2.05, 4.69) is 9.97 Å². The van der Waals surface area contributed by atoms with Crippen molar-refractivity contribution < 1.29 is 24.1 Å². The molecule has 9 heteroatoms. The number of aromatic nitrogens is 3. The van der Waals surface area contributed by atoms with Crippen molar-refractivity contribution in [3.63, 3.8) is 0 Å². The summed E-state index contributed by atoms with van der Waals surface area (Å²) in [5.41, 5.74) is 8.01. The van der Waals surface area contributed by atoms with Crippen LogP contribution in [0.25, 0.3) is 22.2 Å². The van der Waals surface area contributed by atoms with E-state index in [9.17, 15) is 14.6 Å². The van der Waals surface area contributed by atoms with Crippen molar-refractivity contribution in [2.45, 2.75) is 24.6 Å². The molecule has 4 atom stereocenters. The van der Waals surface area contributed by atoms with Crippen molar-refractivity contribution in [1.29, 1.82) is 0 Å². The van der Waals surface area contributed by atoms with Gasteiger partial charge < -0.3 is 30.0 Å². The molecule has 0 unspecified atom stereocenters. The number of anilines is 1. The molecule has 4 N–H and O–H groups in total. The van der Waals surface area contributed by atoms with E-state index in [1.165, 1.54) is 10.9 Å². The Morgan fingerprint density at radius 3 is 2.67 bits per heavy atom. The number of hydrogen-bond acceptors (Lipinski definition) is 7. The highest BCUT2D eigenvalue weighted by Gasteiger charge is 2.45. The second-order valence-electron chi connectivity index (χ2n) is 6.32. The van der Waals surface area contributed by atoms with Gasteiger partial charge in [0.25, 0.3) is 0 Å². The predicted octanol–water partition coefficient (Wildman–Crippen LogP) is 1.28. The summed E-state index contributed by atoms with van der Waals surface area (Å²) >= 11 is 0. The van der Waals surface area contributed by atoms with Crippen molar-refractivity contribution in [3.05, 3.63) is 36.8 Å². The SMILES string of the molecule is COc1ccc(-c2cn([C@@H]3O[C@H](CO)[C@@H](F)[C@H]3O)c3ncnc(N)c23)cc1. The molecule has 1 aliphatic rings. The first-order valence-electron chi connectivity index (χ1n) is 8.39. The Bertz CT molecular complexity index is 962. The number of hydrogen-bond donors (Lipinski definition) is 3. The topological polar surface area (TPSA) is 116 Å². The third kappa shape index (κ3) is 2.80. The molecule has 0 amide bonds. The van der Waals surface area contributed by atoms with Gasteiger partial charge in [-0.2, -0.15) is 0 Å². The first kappa shape index (κ1) is 17.7. The minimum Gasteiger partial charge on any atom is -0.497 e. The first-order valence-corrected chi connectivity index (χ1v) is 8.39. The zero-order valence-electron chi connectivity index (χ0n) is 14.5. The van der Waals surface area contributed by atoms with E-state index in [-0.39, 0.29) is 5.82 Å². The molecule has 27 heavy (non-hydrogen) atoms. The van der Waals surface area contributed by atoms with Gasteiger partial charge in [-0.3, -0.25) is 0 Å². The molecule has 3 heterocycles. The van der Waals surface area contributed by atoms with E-state index in [0.717, 1.165) is 5.56 Å². The van der Waals surface area contributed by atoms with Crippen molar-refractivity contribution in [1.82, 2.24) is 14.5 Å². The summed E-state index contributed by atoms with van der Waals surface area (Å²) in [6.45, 7) is -0.531. The number of rotatable bonds is 4. The molecule has 4 rings (SSSR count). The normalized spacial score (nSPS) is 25.2. The molecule has 0 aliphatic carbocycles. The number of alkyl halides is 1. The molecule has 1 aliphatic heterocycles. The molecule has 3 aromatic rings. The zero-order chi connectivity index (χ0) is 19.1. The van der Waals surface area contributed by atoms with Crippen molar-refractivity contribution in [2.24, 2.45) is 0 Å². The number of aliphatic hydroxyl groups excluding tert-OH is 2. The second-order valence-corrected chi connectivity index (χ2v) is 6.32. The lowest BCUT2D eigenvalue weighted by molar-refractivity contribution is -0.0492. The van der Waals surface area contributed by atoms with E-state index in [1.54, 1.807) is 25.4 Å². The summed E-state index contributed by atoms with van der Waals surface area (Å²) in [5.74, 6) is 0.958. The van der Waals surface area contributed by atoms with E-state index in [0.29, 0.717) is 22.3 Å². The Balaban J connectivity index is 1.87. The average Bonchev–Trinajstić information content (AvgIpc) is 3.21. The lowest BCUT2D eigenvalue weighted by Crippen LogP contribution is -2.29. The number of benzene rings is 1. The van der Waals surface area contributed by atoms with Crippen LogP contribution in [0.5, 0.6) is 5.75 Å². The molecule has 0 bridgehead atoms. The molecule has 2 aromatic heterocycles. The number of ether oxygens (including phenoxy) is 2. The summed E-state index contributed by atoms with van der Waals surface area (Å²) in [7, 11) is 1.58. The molecular weight excluding hydrogens is 355 g/mol. The fourth-order valence-electron chi connectivity index (χ4n) is 3.38. The number of methoxy groups -OCH3 is 1. The van der Waals surface area contributed by atoms with Gasteiger partial charge in [0.05, 0.1) is 19.1 Å². The highest BCUT2D eigenvalue weighted by Crippen LogP contribution is 2.39. The standard InChI is InChI=1S/C18H19FN4O4/c1-26-10-4-2-9(3-5-10)11-6-23(17-13(11)16(20)21-8-22-17)18-15(25)14(19)12(7-24)27-18/h2-6,8,12,14-15,18,24-25H,7H2,1H3,(H2,20,21,22)/t12-,14-,15-,18-/m1/s1. The van der Waals surface area contributed by atoms with E-state index < -0.39 is 31.2 Å². The quantitative estimate of drug-likeness (QED) is 0.630. The van der Waals surface area contributed by atoms with E-state index >= 15 is 0 Å². The van der Waals surface area contributed by atoms with Crippen LogP contribution in [0.4, 0.5) is 10.2 Å². The number of nitrogen functional groups attached to an aromatic ring is 1. The zero-order valence-corrected chi connectivity index (χ0v) is 14.5. The highest BCUT2D eigenvalue weighted by atomic mass is 19.1. The molecule has 142 valence electrons. The molecule has 0 spiro atoms. The Kier molecular flexibility index (Phi) is 4.42. The van der Waals surface area contributed by atoms with Gasteiger partial charge >= 0.3 is 0 Å². The van der Waals surface area contributed by atoms with Gasteiger partial charge in [0, 0.05) is 11.8 Å². The fraction of sp³-hybridized carbons (Fsp3) is 0.333. The van der Waals surface area contributed by atoms with Gasteiger partial charge in [0.2, 0.25) is 0 Å². The predicted molar refractivity (Wildman–Crippen MR) is 95.8 cm³/mol. The third-order valence-corrected chi connectivity index (χ3v) is 4.78. The number of halogens is 1. The van der Waals surface area contributed by atoms with Crippen LogP contribution in [-0.4, -0.2) is 56.8 Å². The minimum atomic E-state index is -1.71. The molecule has 1 aromatic carbocycles. The maximum Gasteiger partial charge on any atom is 0.164 e. The lowest BCUT2D eigenvalue weighted by atomic mass is 10.1. The Morgan fingerprint density at radius 1 is 1.30 bits per heavy atom. The van der Waals surface area contributed by atoms with Crippen molar-refractivity contribution >= 4 is 16.9 Å². The van der Waals surface area contributed by atoms with Gasteiger partial charge in [-0.1, -0.05) is 12.1 Å². The monoisotopic (exact) mass is 374 g/mol. The molecular formula is C18H19FN4O4. The largest absolute Gasteiger partial charge is 0.497 e. The van der Waals surface area contributed by atoms with Crippen LogP contribution in [0, 0.1) is 0 Å². The van der Waals surface area contributed by atoms with Crippen LogP contribution in [0.2, 0.25) is 0 Å². The number of nitrogens with zero attached hydrogens (tertiary/aromatic N) is 3. The van der Waals surface area contributed by atoms with Gasteiger partial charge in [-0.25, -0.2) is 14.4 Å². The van der Waals surface area contributed by atoms with Crippen LogP contribution >= 0.6 is 0 Å². The molecule has 0 saturated carbocycles. The van der Waals surface area contributed by atoms with E-state index in [4.69, 9.17) is 15.2 Å². The van der Waals surface area contributed by atoms with Crippen molar-refractivity contribution in [2.75, 3.05) is 19.5 Å². The molecule has 8 nitrogen and oxygen atoms in total. The van der Waals surface area contributed by atoms with Crippen LogP contribution in [0.3, 0.4) is 0 Å². The number of nitrogens with two attached hydrogens (primary N) is 1. The van der Waals surface area contributed by atoms with Crippen LogP contribution in [0.15, 0.2) is 36.8 Å². The van der Waals surface area contributed by atoms with Crippen LogP contribution in [-0.2, 0) is 4.74 Å². The van der Waals surface area contributed by atoms with E-state index in [1.807, 2.05) is 12.1 Å². The smallest absolute Gasteiger partial charge is 0.164 e. The molecule has 1 saturated heterocycles. The maximum atomic E-state index is 14.2. The third-order valence-electron chi connectivity index (χ3n) is 4.78. The van der Waals surface area contributed by atoms with Gasteiger partial charge in [-0.05, 0) is 17.7 Å². The molecule has 0 radical (unpaired) electrons. The Labute approximate surface area is 154 Å². The number of fused-ring (bicyclic) bond motifs is 1. The van der Waals surface area contributed by atoms with Gasteiger partial charge in [0.1, 0.15) is 35.7 Å². The van der Waals surface area contributed by atoms with Gasteiger partial charge in [0.15, 0.2) is 12.4 Å². The fourth-order valence-corrected chi connectivity index (χ4v) is 3.38. The second kappa shape index (κ2) is 6.76. The summed E-state index contributed by atoms with van der Waals surface area (Å²) in [6, 6.07) is 7.31. The summed E-state index contributed by atoms with van der Waals surface area (Å²) in [5, 5.41) is 20.1. The van der Waals surface area contributed by atoms with Crippen LogP contribution < -0.4 is 10.5 Å². The molecule has 1 fully saturated rings. The maximum absolute atomic E-state index is 14.2. The summed E-state index contributed by atoms with van der Waals surface area (Å²) < 4.78 is 26.4. The van der Waals surface area contributed by atoms with Crippen LogP contribution in [0.1, 0.15) is 6.23 Å². The summed E-state index contributed by atoms with van der Waals surface area (Å²) in [4.78, 5) is 8.29. The average molecular weight is 374 g/mol. The Morgan fingerprint density at radius 2 is 2.04 bits per heavy atom.